The van der Waals surface area contributed by atoms with Crippen LogP contribution in [-0.4, -0.2) is 30.1 Å². The van der Waals surface area contributed by atoms with Crippen LogP contribution in [0.25, 0.3) is 0 Å². The van der Waals surface area contributed by atoms with E-state index < -0.39 is 0 Å². The van der Waals surface area contributed by atoms with Crippen LogP contribution in [0.4, 0.5) is 5.82 Å². The van der Waals surface area contributed by atoms with Gasteiger partial charge in [-0.2, -0.15) is 0 Å². The third-order valence-corrected chi connectivity index (χ3v) is 3.60. The summed E-state index contributed by atoms with van der Waals surface area (Å²) >= 11 is 0. The second-order valence-electron chi connectivity index (χ2n) is 5.40. The van der Waals surface area contributed by atoms with E-state index in [0.717, 1.165) is 49.4 Å². The van der Waals surface area contributed by atoms with Crippen LogP contribution in [0.2, 0.25) is 0 Å². The van der Waals surface area contributed by atoms with Crippen molar-refractivity contribution in [2.45, 2.75) is 33.2 Å². The van der Waals surface area contributed by atoms with Crippen LogP contribution in [0.1, 0.15) is 32.4 Å². The van der Waals surface area contributed by atoms with Crippen molar-refractivity contribution >= 4 is 5.82 Å². The molecule has 0 aliphatic heterocycles. The van der Waals surface area contributed by atoms with Crippen LogP contribution in [0.15, 0.2) is 12.4 Å². The molecule has 1 aromatic heterocycles. The van der Waals surface area contributed by atoms with Gasteiger partial charge in [-0.1, -0.05) is 13.8 Å². The van der Waals surface area contributed by atoms with E-state index in [2.05, 4.69) is 41.1 Å². The fourth-order valence-electron chi connectivity index (χ4n) is 2.13. The summed E-state index contributed by atoms with van der Waals surface area (Å²) in [6.45, 7) is 7.42. The van der Waals surface area contributed by atoms with Gasteiger partial charge in [0.15, 0.2) is 0 Å². The summed E-state index contributed by atoms with van der Waals surface area (Å²) in [5.74, 6) is 2.72. The van der Waals surface area contributed by atoms with Gasteiger partial charge in [0.25, 0.3) is 0 Å². The van der Waals surface area contributed by atoms with E-state index in [0.29, 0.717) is 0 Å². The Kier molecular flexibility index (Phi) is 4.53. The van der Waals surface area contributed by atoms with Gasteiger partial charge in [0.05, 0.1) is 18.1 Å². The predicted octanol–water partition coefficient (Wildman–Crippen LogP) is 2.07. The molecule has 2 rings (SSSR count). The molecule has 1 saturated carbocycles. The van der Waals surface area contributed by atoms with Gasteiger partial charge in [-0.3, -0.25) is 4.98 Å². The van der Waals surface area contributed by atoms with Crippen molar-refractivity contribution in [2.75, 3.05) is 25.0 Å². The Balaban J connectivity index is 1.82. The normalized spacial score (nSPS) is 21.9. The number of aromatic nitrogens is 2. The Morgan fingerprint density at radius 2 is 2.17 bits per heavy atom. The van der Waals surface area contributed by atoms with Crippen molar-refractivity contribution in [3.05, 3.63) is 18.1 Å². The van der Waals surface area contributed by atoms with Crippen LogP contribution in [-0.2, 0) is 6.54 Å². The van der Waals surface area contributed by atoms with E-state index in [9.17, 15) is 0 Å². The first-order valence-electron chi connectivity index (χ1n) is 6.93. The van der Waals surface area contributed by atoms with Crippen molar-refractivity contribution < 1.29 is 0 Å². The first-order chi connectivity index (χ1) is 8.70. The summed E-state index contributed by atoms with van der Waals surface area (Å²) in [6, 6.07) is 0. The molecule has 0 aromatic carbocycles. The topological polar surface area (TPSA) is 41.1 Å². The highest BCUT2D eigenvalue weighted by Crippen LogP contribution is 2.38. The fourth-order valence-corrected chi connectivity index (χ4v) is 2.13. The number of nitrogens with one attached hydrogen (secondary N) is 1. The molecule has 4 nitrogen and oxygen atoms in total. The van der Waals surface area contributed by atoms with Gasteiger partial charge in [0, 0.05) is 20.1 Å². The highest BCUT2D eigenvalue weighted by atomic mass is 15.2. The summed E-state index contributed by atoms with van der Waals surface area (Å²) in [5.41, 5.74) is 1.01. The lowest BCUT2D eigenvalue weighted by atomic mass is 10.3. The quantitative estimate of drug-likeness (QED) is 0.750. The second kappa shape index (κ2) is 6.14. The van der Waals surface area contributed by atoms with Gasteiger partial charge in [-0.05, 0) is 31.2 Å². The van der Waals surface area contributed by atoms with E-state index in [-0.39, 0.29) is 0 Å². The standard InChI is InChI=1S/C14H24N4/c1-4-5-15-7-13-8-17-14(9-16-13)18(3)10-12-6-11(12)2/h8-9,11-12,15H,4-7,10H2,1-3H3. The average molecular weight is 248 g/mol. The summed E-state index contributed by atoms with van der Waals surface area (Å²) in [7, 11) is 2.10. The molecule has 1 aliphatic carbocycles. The Labute approximate surface area is 110 Å². The van der Waals surface area contributed by atoms with Crippen LogP contribution >= 0.6 is 0 Å². The minimum absolute atomic E-state index is 0.810. The van der Waals surface area contributed by atoms with Gasteiger partial charge in [0.1, 0.15) is 5.82 Å². The van der Waals surface area contributed by atoms with Crippen LogP contribution in [0.5, 0.6) is 0 Å². The van der Waals surface area contributed by atoms with Gasteiger partial charge in [-0.15, -0.1) is 0 Å². The maximum atomic E-state index is 4.49. The Morgan fingerprint density at radius 3 is 2.72 bits per heavy atom. The lowest BCUT2D eigenvalue weighted by Crippen LogP contribution is -2.22. The van der Waals surface area contributed by atoms with Crippen molar-refractivity contribution in [3.63, 3.8) is 0 Å². The van der Waals surface area contributed by atoms with Crippen molar-refractivity contribution in [1.29, 1.82) is 0 Å². The molecule has 1 fully saturated rings. The maximum absolute atomic E-state index is 4.49. The zero-order valence-electron chi connectivity index (χ0n) is 11.7. The lowest BCUT2D eigenvalue weighted by Gasteiger charge is -2.17. The molecule has 0 saturated heterocycles. The first-order valence-corrected chi connectivity index (χ1v) is 6.93. The molecule has 1 N–H and O–H groups in total. The summed E-state index contributed by atoms with van der Waals surface area (Å²) in [6.07, 6.45) is 6.27. The van der Waals surface area contributed by atoms with Crippen molar-refractivity contribution in [3.8, 4) is 0 Å². The monoisotopic (exact) mass is 248 g/mol. The van der Waals surface area contributed by atoms with E-state index in [1.165, 1.54) is 6.42 Å². The average Bonchev–Trinajstić information content (AvgIpc) is 3.06. The van der Waals surface area contributed by atoms with Gasteiger partial charge >= 0.3 is 0 Å². The highest BCUT2D eigenvalue weighted by molar-refractivity contribution is 5.34. The zero-order valence-corrected chi connectivity index (χ0v) is 11.7. The fraction of sp³-hybridized carbons (Fsp3) is 0.714. The molecule has 0 amide bonds. The predicted molar refractivity (Wildman–Crippen MR) is 74.6 cm³/mol. The van der Waals surface area contributed by atoms with Gasteiger partial charge in [-0.25, -0.2) is 4.98 Å². The summed E-state index contributed by atoms with van der Waals surface area (Å²) in [4.78, 5) is 11.2. The Hall–Kier alpha value is -1.16. The number of hydrogen-bond acceptors (Lipinski definition) is 4. The van der Waals surface area contributed by atoms with E-state index >= 15 is 0 Å². The van der Waals surface area contributed by atoms with E-state index in [1.807, 2.05) is 12.4 Å². The summed E-state index contributed by atoms with van der Waals surface area (Å²) in [5, 5.41) is 3.33. The molecular weight excluding hydrogens is 224 g/mol. The van der Waals surface area contributed by atoms with Gasteiger partial charge < -0.3 is 10.2 Å². The molecule has 0 spiro atoms. The molecule has 1 aliphatic rings. The molecule has 2 atom stereocenters. The van der Waals surface area contributed by atoms with Crippen LogP contribution in [0.3, 0.4) is 0 Å². The molecule has 0 bridgehead atoms. The largest absolute Gasteiger partial charge is 0.358 e. The molecule has 18 heavy (non-hydrogen) atoms. The molecule has 0 radical (unpaired) electrons. The first kappa shape index (κ1) is 13.3. The summed E-state index contributed by atoms with van der Waals surface area (Å²) < 4.78 is 0. The van der Waals surface area contributed by atoms with Crippen LogP contribution < -0.4 is 10.2 Å². The molecular formula is C14H24N4. The highest BCUT2D eigenvalue weighted by Gasteiger charge is 2.33. The zero-order chi connectivity index (χ0) is 13.0. The number of nitrogens with zero attached hydrogens (tertiary/aromatic N) is 3. The minimum atomic E-state index is 0.810. The van der Waals surface area contributed by atoms with E-state index in [4.69, 9.17) is 0 Å². The number of anilines is 1. The molecule has 1 heterocycles. The Bertz CT molecular complexity index is 363. The minimum Gasteiger partial charge on any atom is -0.358 e. The maximum Gasteiger partial charge on any atom is 0.146 e. The third-order valence-electron chi connectivity index (χ3n) is 3.60. The number of rotatable bonds is 7. The number of hydrogen-bond donors (Lipinski definition) is 1. The van der Waals surface area contributed by atoms with E-state index in [1.54, 1.807) is 0 Å². The molecule has 4 heteroatoms. The Morgan fingerprint density at radius 1 is 1.39 bits per heavy atom. The molecule has 1 aromatic rings. The SMILES string of the molecule is CCCNCc1cnc(N(C)CC2CC2C)cn1. The van der Waals surface area contributed by atoms with Crippen LogP contribution in [0, 0.1) is 11.8 Å². The molecule has 2 unspecified atom stereocenters. The van der Waals surface area contributed by atoms with Gasteiger partial charge in [0.2, 0.25) is 0 Å². The smallest absolute Gasteiger partial charge is 0.146 e. The lowest BCUT2D eigenvalue weighted by molar-refractivity contribution is 0.660. The van der Waals surface area contributed by atoms with Crippen molar-refractivity contribution in [2.24, 2.45) is 11.8 Å². The molecule has 100 valence electrons. The van der Waals surface area contributed by atoms with Crippen molar-refractivity contribution in [1.82, 2.24) is 15.3 Å². The third kappa shape index (κ3) is 3.67. The second-order valence-corrected chi connectivity index (χ2v) is 5.40.